The van der Waals surface area contributed by atoms with Gasteiger partial charge in [-0.05, 0) is 47.9 Å². The molecule has 0 bridgehead atoms. The van der Waals surface area contributed by atoms with Gasteiger partial charge in [-0.25, -0.2) is 8.63 Å². The zero-order valence-electron chi connectivity index (χ0n) is 24.6. The first-order valence-corrected chi connectivity index (χ1v) is 20.4. The second-order valence-corrected chi connectivity index (χ2v) is 20.8. The summed E-state index contributed by atoms with van der Waals surface area (Å²) in [7, 11) is -6.39. The lowest BCUT2D eigenvalue weighted by Gasteiger charge is -2.10. The fraction of sp³-hybridized carbons (Fsp3) is 0.483. The highest BCUT2D eigenvalue weighted by Crippen LogP contribution is 2.29. The van der Waals surface area contributed by atoms with E-state index >= 15 is 0 Å². The molecule has 0 aromatic carbocycles. The van der Waals surface area contributed by atoms with E-state index in [1.165, 1.54) is 6.08 Å². The Kier molecular flexibility index (Phi) is 10.7. The van der Waals surface area contributed by atoms with Crippen molar-refractivity contribution < 1.29 is 18.1 Å². The van der Waals surface area contributed by atoms with Gasteiger partial charge in [0.15, 0.2) is 0 Å². The van der Waals surface area contributed by atoms with Gasteiger partial charge in [0.25, 0.3) is 0 Å². The lowest BCUT2D eigenvalue weighted by atomic mass is 10.0. The minimum absolute atomic E-state index is 0.179. The summed E-state index contributed by atoms with van der Waals surface area (Å²) in [5, 5.41) is 0. The van der Waals surface area contributed by atoms with Crippen LogP contribution in [0.25, 0.3) is 5.76 Å². The Morgan fingerprint density at radius 1 is 0.763 bits per heavy atom. The number of allylic oxidation sites excluding steroid dienone is 1. The second-order valence-electron chi connectivity index (χ2n) is 11.3. The Labute approximate surface area is 229 Å². The zero-order chi connectivity index (χ0) is 28.8. The smallest absolute Gasteiger partial charge is 0.503 e. The van der Waals surface area contributed by atoms with E-state index in [4.69, 9.17) is 4.65 Å². The molecule has 0 atom stereocenters. The maximum atomic E-state index is 13.6. The second kappa shape index (κ2) is 12.9. The summed E-state index contributed by atoms with van der Waals surface area (Å²) in [6.07, 6.45) is 3.77. The number of ketones is 1. The van der Waals surface area contributed by atoms with E-state index < -0.39 is 29.4 Å². The highest BCUT2D eigenvalue weighted by atomic mass is 28.3. The molecule has 0 radical (unpaired) electrons. The fourth-order valence-corrected chi connectivity index (χ4v) is 5.30. The van der Waals surface area contributed by atoms with Gasteiger partial charge in [0.1, 0.15) is 21.9 Å². The molecule has 2 heterocycles. The van der Waals surface area contributed by atoms with Gasteiger partial charge in [0.2, 0.25) is 5.78 Å². The summed E-state index contributed by atoms with van der Waals surface area (Å²) in [6, 6.07) is 0. The van der Waals surface area contributed by atoms with Gasteiger partial charge in [-0.1, -0.05) is 78.8 Å². The topological polar surface area (TPSA) is 57.9 Å². The van der Waals surface area contributed by atoms with Crippen molar-refractivity contribution in [3.63, 3.8) is 0 Å². The Morgan fingerprint density at radius 3 is 1.53 bits per heavy atom. The average molecular weight is 555 g/mol. The lowest BCUT2D eigenvalue weighted by Crippen LogP contribution is -2.16. The Hall–Kier alpha value is -2.75. The molecule has 9 heteroatoms. The summed E-state index contributed by atoms with van der Waals surface area (Å²) >= 11 is 0. The van der Waals surface area contributed by atoms with Gasteiger partial charge >= 0.3 is 7.47 Å². The predicted molar refractivity (Wildman–Crippen MR) is 161 cm³/mol. The van der Waals surface area contributed by atoms with Crippen molar-refractivity contribution in [2.24, 2.45) is 0 Å². The van der Waals surface area contributed by atoms with E-state index in [0.717, 1.165) is 27.9 Å². The third kappa shape index (κ3) is 8.12. The van der Waals surface area contributed by atoms with Crippen molar-refractivity contribution in [3.8, 4) is 22.9 Å². The van der Waals surface area contributed by atoms with Crippen LogP contribution in [0, 0.1) is 22.9 Å². The van der Waals surface area contributed by atoms with Crippen LogP contribution in [0.3, 0.4) is 0 Å². The molecule has 4 nitrogen and oxygen atoms in total. The average Bonchev–Trinajstić information content (AvgIpc) is 3.36. The monoisotopic (exact) mass is 554 g/mol. The summed E-state index contributed by atoms with van der Waals surface area (Å²) in [5.74, 6) is 5.89. The fourth-order valence-electron chi connectivity index (χ4n) is 4.30. The third-order valence-corrected chi connectivity index (χ3v) is 7.70. The highest BCUT2D eigenvalue weighted by molar-refractivity contribution is 6.84. The molecule has 2 N–H and O–H groups in total. The van der Waals surface area contributed by atoms with Crippen LogP contribution in [0.1, 0.15) is 77.5 Å². The van der Waals surface area contributed by atoms with Gasteiger partial charge in [0, 0.05) is 6.08 Å². The number of hydrogen-bond donors (Lipinski definition) is 2. The molecule has 0 aliphatic carbocycles. The molecule has 2 aromatic heterocycles. The van der Waals surface area contributed by atoms with E-state index in [-0.39, 0.29) is 5.76 Å². The van der Waals surface area contributed by atoms with E-state index in [2.05, 4.69) is 72.2 Å². The molecule has 0 fully saturated rings. The maximum absolute atomic E-state index is 13.6. The number of aromatic amines is 2. The van der Waals surface area contributed by atoms with Crippen LogP contribution in [-0.4, -0.2) is 39.4 Å². The van der Waals surface area contributed by atoms with Crippen LogP contribution in [0.2, 0.25) is 39.3 Å². The first kappa shape index (κ1) is 31.5. The molecule has 0 spiro atoms. The van der Waals surface area contributed by atoms with Crippen molar-refractivity contribution in [1.29, 1.82) is 0 Å². The number of aromatic nitrogens is 2. The van der Waals surface area contributed by atoms with Crippen molar-refractivity contribution in [2.75, 3.05) is 0 Å². The number of nitrogens with one attached hydrogen (secondary N) is 2. The normalized spacial score (nSPS) is 11.9. The summed E-state index contributed by atoms with van der Waals surface area (Å²) in [4.78, 5) is 20.0. The van der Waals surface area contributed by atoms with Crippen LogP contribution in [0.15, 0.2) is 6.08 Å². The van der Waals surface area contributed by atoms with E-state index in [1.807, 2.05) is 27.7 Å². The summed E-state index contributed by atoms with van der Waals surface area (Å²) < 4.78 is 32.2. The van der Waals surface area contributed by atoms with Crippen molar-refractivity contribution in [2.45, 2.75) is 92.7 Å². The molecule has 0 aliphatic rings. The van der Waals surface area contributed by atoms with E-state index in [1.54, 1.807) is 0 Å². The molecule has 2 rings (SSSR count). The minimum Gasteiger partial charge on any atom is -0.503 e. The van der Waals surface area contributed by atoms with Crippen molar-refractivity contribution in [1.82, 2.24) is 9.97 Å². The molecule has 0 unspecified atom stereocenters. The van der Waals surface area contributed by atoms with Crippen LogP contribution in [0.4, 0.5) is 8.63 Å². The number of H-pyrrole nitrogens is 2. The van der Waals surface area contributed by atoms with Crippen molar-refractivity contribution in [3.05, 3.63) is 51.1 Å². The zero-order valence-corrected chi connectivity index (χ0v) is 26.6. The van der Waals surface area contributed by atoms with E-state index in [9.17, 15) is 13.4 Å². The maximum Gasteiger partial charge on any atom is 0.796 e. The Balaban J connectivity index is 2.73. The Bertz CT molecular complexity index is 1320. The van der Waals surface area contributed by atoms with Gasteiger partial charge in [-0.3, -0.25) is 4.79 Å². The molecular formula is C29H41BF2N2O2Si2. The molecule has 0 saturated heterocycles. The quantitative estimate of drug-likeness (QED) is 0.113. The molecule has 38 heavy (non-hydrogen) atoms. The van der Waals surface area contributed by atoms with Crippen LogP contribution in [0.5, 0.6) is 0 Å². The predicted octanol–water partition coefficient (Wildman–Crippen LogP) is 7.21. The SMILES string of the molecule is CCc1c(C#C[Si](C)(C)C)[nH]c(C(=O)/C=C(\OB(F)F)c2[nH]c(C#C[Si](C)(C)C)c(CC)c2CC)c1CC. The standard InChI is InChI=1S/C29H41BF2N2O2Si2/c1-11-20-22(13-3)28(33-24(20)15-17-37(5,6)7)26(35)19-27(36-30(31)32)29-23(14-4)21(12-2)25(34-29)16-18-38(8,9)10/h19,33-34H,11-14H2,1-10H3/b27-19-. The van der Waals surface area contributed by atoms with Gasteiger partial charge in [-0.15, -0.1) is 11.1 Å². The van der Waals surface area contributed by atoms with Crippen LogP contribution < -0.4 is 0 Å². The summed E-state index contributed by atoms with van der Waals surface area (Å²) in [6.45, 7) is 20.9. The van der Waals surface area contributed by atoms with Crippen molar-refractivity contribution >= 4 is 35.2 Å². The Morgan fingerprint density at radius 2 is 1.16 bits per heavy atom. The molecule has 204 valence electrons. The molecule has 0 amide bonds. The number of carbonyl (C=O) groups is 1. The largest absolute Gasteiger partial charge is 0.796 e. The number of hydrogen-bond acceptors (Lipinski definition) is 2. The van der Waals surface area contributed by atoms with Gasteiger partial charge in [-0.2, -0.15) is 0 Å². The van der Waals surface area contributed by atoms with Crippen LogP contribution >= 0.6 is 0 Å². The van der Waals surface area contributed by atoms with E-state index in [0.29, 0.717) is 42.8 Å². The number of carbonyl (C=O) groups excluding carboxylic acids is 1. The first-order valence-electron chi connectivity index (χ1n) is 13.4. The number of rotatable bonds is 9. The highest BCUT2D eigenvalue weighted by Gasteiger charge is 2.27. The molecule has 0 aliphatic heterocycles. The minimum atomic E-state index is -3.08. The third-order valence-electron chi connectivity index (χ3n) is 5.95. The first-order chi connectivity index (χ1) is 17.6. The van der Waals surface area contributed by atoms with Gasteiger partial charge in [0.05, 0.1) is 22.8 Å². The molecule has 0 saturated carbocycles. The number of halogens is 2. The molecular weight excluding hydrogens is 513 g/mol. The van der Waals surface area contributed by atoms with Gasteiger partial charge < -0.3 is 14.6 Å². The summed E-state index contributed by atoms with van der Waals surface area (Å²) in [5.41, 5.74) is 12.6. The lowest BCUT2D eigenvalue weighted by molar-refractivity contribution is 0.104. The molecule has 2 aromatic rings. The van der Waals surface area contributed by atoms with Crippen LogP contribution in [-0.2, 0) is 30.3 Å².